The molecule has 0 aromatic carbocycles. The molecule has 6 nitrogen and oxygen atoms in total. The number of hydrogen-bond acceptors (Lipinski definition) is 5. The molecule has 2 heterocycles. The SMILES string of the molecule is CNC1CCN(C(=O)c2noc(C)n2)C1. The van der Waals surface area contributed by atoms with Crippen LogP contribution in [0.25, 0.3) is 0 Å². The molecule has 15 heavy (non-hydrogen) atoms. The fourth-order valence-corrected chi connectivity index (χ4v) is 1.71. The first-order valence-electron chi connectivity index (χ1n) is 4.97. The highest BCUT2D eigenvalue weighted by Gasteiger charge is 2.28. The van der Waals surface area contributed by atoms with Crippen LogP contribution in [0.5, 0.6) is 0 Å². The third-order valence-corrected chi connectivity index (χ3v) is 2.60. The van der Waals surface area contributed by atoms with E-state index in [-0.39, 0.29) is 11.7 Å². The lowest BCUT2D eigenvalue weighted by Crippen LogP contribution is -2.33. The second-order valence-electron chi connectivity index (χ2n) is 3.66. The van der Waals surface area contributed by atoms with Crippen molar-refractivity contribution in [2.75, 3.05) is 20.1 Å². The number of hydrogen-bond donors (Lipinski definition) is 1. The molecule has 0 radical (unpaired) electrons. The highest BCUT2D eigenvalue weighted by Crippen LogP contribution is 2.11. The summed E-state index contributed by atoms with van der Waals surface area (Å²) in [6.45, 7) is 3.13. The molecule has 1 atom stereocenters. The molecule has 1 saturated heterocycles. The smallest absolute Gasteiger partial charge is 0.295 e. The van der Waals surface area contributed by atoms with Gasteiger partial charge in [-0.25, -0.2) is 0 Å². The van der Waals surface area contributed by atoms with E-state index in [4.69, 9.17) is 4.52 Å². The fraction of sp³-hybridized carbons (Fsp3) is 0.667. The van der Waals surface area contributed by atoms with Crippen molar-refractivity contribution in [3.63, 3.8) is 0 Å². The summed E-state index contributed by atoms with van der Waals surface area (Å²) in [5.74, 6) is 0.427. The Morgan fingerprint density at radius 3 is 3.00 bits per heavy atom. The number of aromatic nitrogens is 2. The van der Waals surface area contributed by atoms with Crippen molar-refractivity contribution in [1.29, 1.82) is 0 Å². The minimum absolute atomic E-state index is 0.149. The van der Waals surface area contributed by atoms with E-state index in [1.807, 2.05) is 7.05 Å². The molecule has 1 aromatic heterocycles. The Labute approximate surface area is 87.6 Å². The Kier molecular flexibility index (Phi) is 2.68. The van der Waals surface area contributed by atoms with E-state index in [9.17, 15) is 4.79 Å². The lowest BCUT2D eigenvalue weighted by Gasteiger charge is -2.13. The standard InChI is InChI=1S/C9H14N4O2/c1-6-11-8(12-15-6)9(14)13-4-3-7(5-13)10-2/h7,10H,3-5H2,1-2H3. The van der Waals surface area contributed by atoms with E-state index in [2.05, 4.69) is 15.5 Å². The van der Waals surface area contributed by atoms with Crippen molar-refractivity contribution in [1.82, 2.24) is 20.4 Å². The van der Waals surface area contributed by atoms with Crippen LogP contribution in [0.15, 0.2) is 4.52 Å². The van der Waals surface area contributed by atoms with Gasteiger partial charge < -0.3 is 14.7 Å². The second kappa shape index (κ2) is 3.98. The van der Waals surface area contributed by atoms with Crippen LogP contribution in [-0.2, 0) is 0 Å². The Hall–Kier alpha value is -1.43. The fourth-order valence-electron chi connectivity index (χ4n) is 1.71. The molecule has 1 amide bonds. The van der Waals surface area contributed by atoms with Crippen molar-refractivity contribution >= 4 is 5.91 Å². The minimum atomic E-state index is -0.149. The lowest BCUT2D eigenvalue weighted by molar-refractivity contribution is 0.0774. The zero-order valence-electron chi connectivity index (χ0n) is 8.86. The number of nitrogens with one attached hydrogen (secondary N) is 1. The molecule has 2 rings (SSSR count). The number of rotatable bonds is 2. The number of nitrogens with zero attached hydrogens (tertiary/aromatic N) is 3. The first-order chi connectivity index (χ1) is 7.20. The molecule has 1 aliphatic rings. The highest BCUT2D eigenvalue weighted by atomic mass is 16.5. The van der Waals surface area contributed by atoms with Gasteiger partial charge in [-0.05, 0) is 13.5 Å². The lowest BCUT2D eigenvalue weighted by atomic mass is 10.3. The van der Waals surface area contributed by atoms with Crippen molar-refractivity contribution in [3.8, 4) is 0 Å². The predicted octanol–water partition coefficient (Wildman–Crippen LogP) is -0.188. The summed E-state index contributed by atoms with van der Waals surface area (Å²) in [6, 6.07) is 0.377. The maximum absolute atomic E-state index is 11.8. The minimum Gasteiger partial charge on any atom is -0.339 e. The highest BCUT2D eigenvalue weighted by molar-refractivity contribution is 5.90. The third-order valence-electron chi connectivity index (χ3n) is 2.60. The number of likely N-dealkylation sites (tertiary alicyclic amines) is 1. The molecule has 0 saturated carbocycles. The summed E-state index contributed by atoms with van der Waals surface area (Å²) >= 11 is 0. The van der Waals surface area contributed by atoms with E-state index in [0.717, 1.165) is 13.0 Å². The Balaban J connectivity index is 2.03. The molecule has 1 N–H and O–H groups in total. The zero-order chi connectivity index (χ0) is 10.8. The van der Waals surface area contributed by atoms with Gasteiger partial charge in [0.05, 0.1) is 0 Å². The van der Waals surface area contributed by atoms with Gasteiger partial charge >= 0.3 is 0 Å². The average Bonchev–Trinajstić information content (AvgIpc) is 2.84. The first kappa shape index (κ1) is 10.1. The van der Waals surface area contributed by atoms with Gasteiger partial charge in [-0.15, -0.1) is 0 Å². The monoisotopic (exact) mass is 210 g/mol. The number of aryl methyl sites for hydroxylation is 1. The summed E-state index contributed by atoms with van der Waals surface area (Å²) in [7, 11) is 1.90. The van der Waals surface area contributed by atoms with Crippen LogP contribution in [-0.4, -0.2) is 47.1 Å². The largest absolute Gasteiger partial charge is 0.339 e. The van der Waals surface area contributed by atoms with Crippen molar-refractivity contribution in [3.05, 3.63) is 11.7 Å². The predicted molar refractivity (Wildman–Crippen MR) is 52.4 cm³/mol. The Bertz CT molecular complexity index is 363. The van der Waals surface area contributed by atoms with E-state index in [0.29, 0.717) is 18.5 Å². The van der Waals surface area contributed by atoms with E-state index in [1.165, 1.54) is 0 Å². The number of carbonyl (C=O) groups is 1. The van der Waals surface area contributed by atoms with Crippen LogP contribution < -0.4 is 5.32 Å². The summed E-state index contributed by atoms with van der Waals surface area (Å²) < 4.78 is 4.77. The molecular weight excluding hydrogens is 196 g/mol. The molecule has 82 valence electrons. The number of carbonyl (C=O) groups excluding carboxylic acids is 1. The van der Waals surface area contributed by atoms with Gasteiger partial charge in [0.2, 0.25) is 5.89 Å². The van der Waals surface area contributed by atoms with Crippen LogP contribution >= 0.6 is 0 Å². The second-order valence-corrected chi connectivity index (χ2v) is 3.66. The maximum atomic E-state index is 11.8. The van der Waals surface area contributed by atoms with Crippen LogP contribution in [0, 0.1) is 6.92 Å². The van der Waals surface area contributed by atoms with Gasteiger partial charge in [0.25, 0.3) is 11.7 Å². The van der Waals surface area contributed by atoms with Gasteiger partial charge in [0.15, 0.2) is 0 Å². The summed E-state index contributed by atoms with van der Waals surface area (Å²) in [5.41, 5.74) is 0. The molecule has 1 fully saturated rings. The first-order valence-corrected chi connectivity index (χ1v) is 4.97. The summed E-state index contributed by atoms with van der Waals surface area (Å²) in [4.78, 5) is 17.5. The molecular formula is C9H14N4O2. The van der Waals surface area contributed by atoms with Crippen LogP contribution in [0.1, 0.15) is 22.9 Å². The molecule has 6 heteroatoms. The topological polar surface area (TPSA) is 71.3 Å². The van der Waals surface area contributed by atoms with Gasteiger partial charge in [0, 0.05) is 26.1 Å². The normalized spacial score (nSPS) is 20.9. The maximum Gasteiger partial charge on any atom is 0.295 e. The van der Waals surface area contributed by atoms with Crippen LogP contribution in [0.4, 0.5) is 0 Å². The molecule has 0 bridgehead atoms. The van der Waals surface area contributed by atoms with Gasteiger partial charge in [-0.2, -0.15) is 4.98 Å². The van der Waals surface area contributed by atoms with Crippen LogP contribution in [0.3, 0.4) is 0 Å². The molecule has 1 aromatic rings. The van der Waals surface area contributed by atoms with Crippen molar-refractivity contribution in [2.45, 2.75) is 19.4 Å². The van der Waals surface area contributed by atoms with E-state index < -0.39 is 0 Å². The number of amides is 1. The number of likely N-dealkylation sites (N-methyl/N-ethyl adjacent to an activating group) is 1. The van der Waals surface area contributed by atoms with Crippen molar-refractivity contribution in [2.24, 2.45) is 0 Å². The third kappa shape index (κ3) is 1.99. The van der Waals surface area contributed by atoms with Crippen LogP contribution in [0.2, 0.25) is 0 Å². The van der Waals surface area contributed by atoms with Gasteiger partial charge in [-0.1, -0.05) is 5.16 Å². The van der Waals surface area contributed by atoms with E-state index in [1.54, 1.807) is 11.8 Å². The molecule has 1 aliphatic heterocycles. The van der Waals surface area contributed by atoms with Gasteiger partial charge in [0.1, 0.15) is 0 Å². The Morgan fingerprint density at radius 1 is 1.67 bits per heavy atom. The average molecular weight is 210 g/mol. The quantitative estimate of drug-likeness (QED) is 0.732. The molecule has 1 unspecified atom stereocenters. The summed E-state index contributed by atoms with van der Waals surface area (Å²) in [6.07, 6.45) is 0.971. The zero-order valence-corrected chi connectivity index (χ0v) is 8.86. The Morgan fingerprint density at radius 2 is 2.47 bits per heavy atom. The summed E-state index contributed by atoms with van der Waals surface area (Å²) in [5, 5.41) is 6.76. The molecule has 0 aliphatic carbocycles. The van der Waals surface area contributed by atoms with E-state index >= 15 is 0 Å². The van der Waals surface area contributed by atoms with Crippen molar-refractivity contribution < 1.29 is 9.32 Å². The molecule has 0 spiro atoms. The van der Waals surface area contributed by atoms with Gasteiger partial charge in [-0.3, -0.25) is 4.79 Å².